The maximum atomic E-state index is 9.76. The third kappa shape index (κ3) is 2.96. The first-order valence-corrected chi connectivity index (χ1v) is 6.71. The number of aliphatic hydroxyl groups is 1. The van der Waals surface area contributed by atoms with Gasteiger partial charge in [-0.25, -0.2) is 0 Å². The molecule has 1 rings (SSSR count). The normalized spacial score (nSPS) is 36.2. The average Bonchev–Trinajstić information content (AvgIpc) is 2.22. The van der Waals surface area contributed by atoms with Crippen molar-refractivity contribution in [1.82, 2.24) is 0 Å². The Kier molecular flexibility index (Phi) is 4.64. The highest BCUT2D eigenvalue weighted by Gasteiger charge is 2.36. The minimum Gasteiger partial charge on any atom is -0.393 e. The molecule has 0 aromatic rings. The second-order valence-electron chi connectivity index (χ2n) is 5.81. The number of hydrogen-bond donors (Lipinski definition) is 1. The Bertz CT molecular complexity index is 190. The van der Waals surface area contributed by atoms with Crippen molar-refractivity contribution in [3.8, 4) is 0 Å². The summed E-state index contributed by atoms with van der Waals surface area (Å²) in [5.74, 6) is 1.34. The van der Waals surface area contributed by atoms with Gasteiger partial charge in [0.05, 0.1) is 6.10 Å². The zero-order valence-electron chi connectivity index (χ0n) is 10.9. The topological polar surface area (TPSA) is 20.2 Å². The van der Waals surface area contributed by atoms with Crippen molar-refractivity contribution < 1.29 is 5.11 Å². The predicted octanol–water partition coefficient (Wildman–Crippen LogP) is 4.00. The molecule has 1 aliphatic rings. The summed E-state index contributed by atoms with van der Waals surface area (Å²) >= 11 is 0. The van der Waals surface area contributed by atoms with E-state index < -0.39 is 0 Å². The van der Waals surface area contributed by atoms with Crippen LogP contribution in [-0.4, -0.2) is 11.2 Å². The van der Waals surface area contributed by atoms with Crippen molar-refractivity contribution in [2.75, 3.05) is 0 Å². The van der Waals surface area contributed by atoms with Crippen LogP contribution in [0.1, 0.15) is 66.2 Å². The summed E-state index contributed by atoms with van der Waals surface area (Å²) in [7, 11) is 0. The highest BCUT2D eigenvalue weighted by molar-refractivity contribution is 4.87. The molecule has 0 aromatic heterocycles. The number of hydrogen-bond acceptors (Lipinski definition) is 1. The fourth-order valence-corrected chi connectivity index (χ4v) is 3.25. The van der Waals surface area contributed by atoms with Gasteiger partial charge in [-0.15, -0.1) is 0 Å². The molecule has 0 aliphatic heterocycles. The van der Waals surface area contributed by atoms with Gasteiger partial charge in [0.1, 0.15) is 0 Å². The van der Waals surface area contributed by atoms with Gasteiger partial charge in [0.15, 0.2) is 0 Å². The van der Waals surface area contributed by atoms with E-state index in [2.05, 4.69) is 27.7 Å². The van der Waals surface area contributed by atoms with Crippen LogP contribution in [0.5, 0.6) is 0 Å². The summed E-state index contributed by atoms with van der Waals surface area (Å²) < 4.78 is 0. The molecule has 1 heteroatoms. The lowest BCUT2D eigenvalue weighted by Crippen LogP contribution is -2.36. The maximum Gasteiger partial charge on any atom is 0.0566 e. The van der Waals surface area contributed by atoms with Gasteiger partial charge in [-0.05, 0) is 42.9 Å². The third-order valence-electron chi connectivity index (χ3n) is 4.74. The zero-order valence-corrected chi connectivity index (χ0v) is 10.9. The number of aliphatic hydroxyl groups excluding tert-OH is 1. The molecule has 0 saturated heterocycles. The van der Waals surface area contributed by atoms with E-state index in [9.17, 15) is 5.11 Å². The molecule has 0 aromatic carbocycles. The van der Waals surface area contributed by atoms with E-state index in [1.165, 1.54) is 32.1 Å². The fourth-order valence-electron chi connectivity index (χ4n) is 3.25. The van der Waals surface area contributed by atoms with Gasteiger partial charge < -0.3 is 5.11 Å². The van der Waals surface area contributed by atoms with Crippen LogP contribution in [0.25, 0.3) is 0 Å². The van der Waals surface area contributed by atoms with Gasteiger partial charge in [0, 0.05) is 0 Å². The second kappa shape index (κ2) is 5.34. The lowest BCUT2D eigenvalue weighted by molar-refractivity contribution is 0.0118. The summed E-state index contributed by atoms with van der Waals surface area (Å²) in [6, 6.07) is 0. The van der Waals surface area contributed by atoms with Crippen molar-refractivity contribution in [2.45, 2.75) is 72.3 Å². The molecule has 0 bridgehead atoms. The van der Waals surface area contributed by atoms with Gasteiger partial charge in [0.25, 0.3) is 0 Å². The highest BCUT2D eigenvalue weighted by Crippen LogP contribution is 2.45. The Morgan fingerprint density at radius 2 is 1.93 bits per heavy atom. The van der Waals surface area contributed by atoms with E-state index >= 15 is 0 Å². The molecule has 1 N–H and O–H groups in total. The van der Waals surface area contributed by atoms with Gasteiger partial charge in [0.2, 0.25) is 0 Å². The van der Waals surface area contributed by atoms with E-state index in [4.69, 9.17) is 0 Å². The largest absolute Gasteiger partial charge is 0.393 e. The molecule has 0 heterocycles. The van der Waals surface area contributed by atoms with Gasteiger partial charge in [-0.2, -0.15) is 0 Å². The third-order valence-corrected chi connectivity index (χ3v) is 4.74. The fraction of sp³-hybridized carbons (Fsp3) is 1.00. The van der Waals surface area contributed by atoms with Crippen LogP contribution in [0.2, 0.25) is 0 Å². The van der Waals surface area contributed by atoms with Crippen LogP contribution in [0, 0.1) is 17.3 Å². The van der Waals surface area contributed by atoms with Crippen molar-refractivity contribution in [1.29, 1.82) is 0 Å². The smallest absolute Gasteiger partial charge is 0.0566 e. The summed E-state index contributed by atoms with van der Waals surface area (Å²) in [6.45, 7) is 9.27. The Hall–Kier alpha value is -0.0400. The molecule has 1 fully saturated rings. The van der Waals surface area contributed by atoms with Gasteiger partial charge >= 0.3 is 0 Å². The molecule has 0 radical (unpaired) electrons. The predicted molar refractivity (Wildman–Crippen MR) is 65.8 cm³/mol. The Balaban J connectivity index is 2.61. The zero-order chi connectivity index (χ0) is 11.5. The summed E-state index contributed by atoms with van der Waals surface area (Å²) in [4.78, 5) is 0. The average molecular weight is 212 g/mol. The van der Waals surface area contributed by atoms with E-state index in [1.807, 2.05) is 0 Å². The standard InChI is InChI=1S/C14H28O/c1-5-9-14(4,6-2)12-7-8-13(15)11(3)10-12/h11-13,15H,5-10H2,1-4H3. The quantitative estimate of drug-likeness (QED) is 0.747. The lowest BCUT2D eigenvalue weighted by atomic mass is 9.64. The van der Waals surface area contributed by atoms with Crippen molar-refractivity contribution in [3.63, 3.8) is 0 Å². The van der Waals surface area contributed by atoms with E-state index in [0.717, 1.165) is 12.3 Å². The van der Waals surface area contributed by atoms with Crippen LogP contribution >= 0.6 is 0 Å². The molecule has 1 aliphatic carbocycles. The first-order valence-electron chi connectivity index (χ1n) is 6.71. The Morgan fingerprint density at radius 3 is 2.40 bits per heavy atom. The van der Waals surface area contributed by atoms with Crippen LogP contribution in [0.15, 0.2) is 0 Å². The maximum absolute atomic E-state index is 9.76. The van der Waals surface area contributed by atoms with Crippen LogP contribution < -0.4 is 0 Å². The number of rotatable bonds is 4. The Labute approximate surface area is 95.3 Å². The van der Waals surface area contributed by atoms with Gasteiger partial charge in [-0.1, -0.05) is 40.5 Å². The molecule has 1 nitrogen and oxygen atoms in total. The Morgan fingerprint density at radius 1 is 1.27 bits per heavy atom. The summed E-state index contributed by atoms with van der Waals surface area (Å²) in [5.41, 5.74) is 0.517. The highest BCUT2D eigenvalue weighted by atomic mass is 16.3. The molecule has 4 unspecified atom stereocenters. The lowest BCUT2D eigenvalue weighted by Gasteiger charge is -2.43. The summed E-state index contributed by atoms with van der Waals surface area (Å²) in [5, 5.41) is 9.76. The minimum absolute atomic E-state index is 0.0380. The molecule has 4 atom stereocenters. The van der Waals surface area contributed by atoms with E-state index in [1.54, 1.807) is 0 Å². The molecular weight excluding hydrogens is 184 g/mol. The minimum atomic E-state index is -0.0380. The van der Waals surface area contributed by atoms with Crippen molar-refractivity contribution >= 4 is 0 Å². The van der Waals surface area contributed by atoms with Crippen molar-refractivity contribution in [2.24, 2.45) is 17.3 Å². The van der Waals surface area contributed by atoms with Crippen LogP contribution in [0.3, 0.4) is 0 Å². The SMILES string of the molecule is CCCC(C)(CC)C1CCC(O)C(C)C1. The molecular formula is C14H28O. The van der Waals surface area contributed by atoms with Gasteiger partial charge in [-0.3, -0.25) is 0 Å². The molecule has 0 spiro atoms. The van der Waals surface area contributed by atoms with Crippen LogP contribution in [-0.2, 0) is 0 Å². The first kappa shape index (κ1) is 13.0. The van der Waals surface area contributed by atoms with E-state index in [-0.39, 0.29) is 6.10 Å². The summed E-state index contributed by atoms with van der Waals surface area (Å²) in [6.07, 6.45) is 7.36. The molecule has 1 saturated carbocycles. The molecule has 15 heavy (non-hydrogen) atoms. The van der Waals surface area contributed by atoms with E-state index in [0.29, 0.717) is 11.3 Å². The molecule has 0 amide bonds. The first-order chi connectivity index (χ1) is 7.03. The van der Waals surface area contributed by atoms with Crippen molar-refractivity contribution in [3.05, 3.63) is 0 Å². The molecule has 90 valence electrons. The second-order valence-corrected chi connectivity index (χ2v) is 5.81. The van der Waals surface area contributed by atoms with Crippen LogP contribution in [0.4, 0.5) is 0 Å². The monoisotopic (exact) mass is 212 g/mol.